The fraction of sp³-hybridized carbons (Fsp3) is 0.300. The molecular formula is C10H9F3N4O. The molecule has 0 unspecified atom stereocenters. The molecule has 0 spiro atoms. The third-order valence-corrected chi connectivity index (χ3v) is 1.98. The van der Waals surface area contributed by atoms with Crippen LogP contribution in [0.5, 0.6) is 0 Å². The number of carbonyl (C=O) groups is 1. The van der Waals surface area contributed by atoms with Crippen molar-refractivity contribution in [2.75, 3.05) is 6.54 Å². The van der Waals surface area contributed by atoms with Crippen molar-refractivity contribution in [3.8, 4) is 0 Å². The molecule has 0 bridgehead atoms. The van der Waals surface area contributed by atoms with Gasteiger partial charge in [0.25, 0.3) is 5.91 Å². The van der Waals surface area contributed by atoms with E-state index < -0.39 is 25.0 Å². The normalized spacial score (nSPS) is 10.6. The molecule has 1 aromatic rings. The van der Waals surface area contributed by atoms with Crippen LogP contribution in [0.25, 0.3) is 10.4 Å². The van der Waals surface area contributed by atoms with Gasteiger partial charge in [-0.05, 0) is 17.7 Å². The SMILES string of the molecule is [N-]=[N+]=Nc1ccc(C(=O)NCCC(F)(F)F)cc1. The third kappa shape index (κ3) is 4.75. The van der Waals surface area contributed by atoms with Gasteiger partial charge in [-0.3, -0.25) is 4.79 Å². The van der Waals surface area contributed by atoms with Crippen LogP contribution in [-0.4, -0.2) is 18.6 Å². The number of nitrogens with zero attached hydrogens (tertiary/aromatic N) is 3. The minimum atomic E-state index is -4.29. The second-order valence-electron chi connectivity index (χ2n) is 3.36. The maximum atomic E-state index is 11.8. The van der Waals surface area contributed by atoms with E-state index in [1.165, 1.54) is 24.3 Å². The van der Waals surface area contributed by atoms with Crippen LogP contribution >= 0.6 is 0 Å². The third-order valence-electron chi connectivity index (χ3n) is 1.98. The minimum Gasteiger partial charge on any atom is -0.352 e. The maximum absolute atomic E-state index is 11.8. The van der Waals surface area contributed by atoms with E-state index in [9.17, 15) is 18.0 Å². The molecule has 0 atom stereocenters. The number of hydrogen-bond donors (Lipinski definition) is 1. The fourth-order valence-corrected chi connectivity index (χ4v) is 1.15. The molecule has 8 heteroatoms. The molecule has 1 aromatic carbocycles. The van der Waals surface area contributed by atoms with Gasteiger partial charge in [0, 0.05) is 22.7 Å². The van der Waals surface area contributed by atoms with Gasteiger partial charge < -0.3 is 5.32 Å². The molecule has 5 nitrogen and oxygen atoms in total. The van der Waals surface area contributed by atoms with Crippen molar-refractivity contribution in [2.45, 2.75) is 12.6 Å². The predicted molar refractivity (Wildman–Crippen MR) is 58.3 cm³/mol. The Balaban J connectivity index is 2.54. The van der Waals surface area contributed by atoms with Crippen molar-refractivity contribution in [2.24, 2.45) is 5.11 Å². The average Bonchev–Trinajstić information content (AvgIpc) is 2.28. The Hall–Kier alpha value is -2.21. The molecule has 0 aliphatic carbocycles. The summed E-state index contributed by atoms with van der Waals surface area (Å²) in [5.74, 6) is -0.605. The van der Waals surface area contributed by atoms with E-state index in [1.807, 2.05) is 0 Å². The Bertz CT molecular complexity index is 463. The molecule has 0 aliphatic rings. The molecule has 0 saturated heterocycles. The Morgan fingerprint density at radius 3 is 2.44 bits per heavy atom. The molecule has 1 N–H and O–H groups in total. The number of halogens is 3. The summed E-state index contributed by atoms with van der Waals surface area (Å²) in [6.07, 6.45) is -5.37. The Morgan fingerprint density at radius 2 is 1.94 bits per heavy atom. The lowest BCUT2D eigenvalue weighted by Crippen LogP contribution is -2.27. The maximum Gasteiger partial charge on any atom is 0.390 e. The number of hydrogen-bond acceptors (Lipinski definition) is 2. The minimum absolute atomic E-state index is 0.203. The molecule has 0 aromatic heterocycles. The van der Waals surface area contributed by atoms with Crippen LogP contribution < -0.4 is 5.32 Å². The van der Waals surface area contributed by atoms with Gasteiger partial charge in [-0.15, -0.1) is 0 Å². The van der Waals surface area contributed by atoms with E-state index in [4.69, 9.17) is 5.53 Å². The molecule has 0 radical (unpaired) electrons. The lowest BCUT2D eigenvalue weighted by atomic mass is 10.2. The van der Waals surface area contributed by atoms with E-state index >= 15 is 0 Å². The number of benzene rings is 1. The summed E-state index contributed by atoms with van der Waals surface area (Å²) in [6.45, 7) is -0.472. The molecular weight excluding hydrogens is 249 g/mol. The highest BCUT2D eigenvalue weighted by atomic mass is 19.4. The molecule has 0 saturated carbocycles. The number of amides is 1. The number of alkyl halides is 3. The predicted octanol–water partition coefficient (Wildman–Crippen LogP) is 3.31. The van der Waals surface area contributed by atoms with E-state index in [0.717, 1.165) is 0 Å². The van der Waals surface area contributed by atoms with Gasteiger partial charge in [0.2, 0.25) is 0 Å². The van der Waals surface area contributed by atoms with Gasteiger partial charge in [0.1, 0.15) is 0 Å². The first-order chi connectivity index (χ1) is 8.42. The highest BCUT2D eigenvalue weighted by Crippen LogP contribution is 2.18. The second kappa shape index (κ2) is 5.92. The van der Waals surface area contributed by atoms with Gasteiger partial charge in [-0.25, -0.2) is 0 Å². The van der Waals surface area contributed by atoms with Crippen molar-refractivity contribution in [3.05, 3.63) is 40.3 Å². The van der Waals surface area contributed by atoms with Crippen molar-refractivity contribution in [3.63, 3.8) is 0 Å². The first-order valence-corrected chi connectivity index (χ1v) is 4.92. The lowest BCUT2D eigenvalue weighted by molar-refractivity contribution is -0.132. The number of carbonyl (C=O) groups excluding carboxylic acids is 1. The molecule has 0 aliphatic heterocycles. The van der Waals surface area contributed by atoms with Crippen molar-refractivity contribution >= 4 is 11.6 Å². The van der Waals surface area contributed by atoms with Crippen LogP contribution in [0.1, 0.15) is 16.8 Å². The van der Waals surface area contributed by atoms with E-state index in [0.29, 0.717) is 5.69 Å². The van der Waals surface area contributed by atoms with Gasteiger partial charge in [0.15, 0.2) is 0 Å². The van der Waals surface area contributed by atoms with Crippen molar-refractivity contribution in [1.29, 1.82) is 0 Å². The van der Waals surface area contributed by atoms with Crippen LogP contribution in [0.3, 0.4) is 0 Å². The second-order valence-corrected chi connectivity index (χ2v) is 3.36. The summed E-state index contributed by atoms with van der Waals surface area (Å²) in [4.78, 5) is 14.0. The standard InChI is InChI=1S/C10H9F3N4O/c11-10(12,13)5-6-15-9(18)7-1-3-8(4-2-7)16-17-14/h1-4H,5-6H2,(H,15,18). The van der Waals surface area contributed by atoms with Crippen LogP contribution in [0.4, 0.5) is 18.9 Å². The molecule has 18 heavy (non-hydrogen) atoms. The van der Waals surface area contributed by atoms with Gasteiger partial charge in [-0.2, -0.15) is 13.2 Å². The summed E-state index contributed by atoms with van der Waals surface area (Å²) in [7, 11) is 0. The summed E-state index contributed by atoms with van der Waals surface area (Å²) in [5, 5.41) is 5.45. The smallest absolute Gasteiger partial charge is 0.352 e. The van der Waals surface area contributed by atoms with E-state index in [-0.39, 0.29) is 5.56 Å². The van der Waals surface area contributed by atoms with Gasteiger partial charge >= 0.3 is 6.18 Å². The highest BCUT2D eigenvalue weighted by Gasteiger charge is 2.26. The lowest BCUT2D eigenvalue weighted by Gasteiger charge is -2.07. The van der Waals surface area contributed by atoms with Crippen molar-refractivity contribution < 1.29 is 18.0 Å². The summed E-state index contributed by atoms with van der Waals surface area (Å²) < 4.78 is 35.5. The highest BCUT2D eigenvalue weighted by molar-refractivity contribution is 5.94. The topological polar surface area (TPSA) is 77.9 Å². The van der Waals surface area contributed by atoms with Crippen molar-refractivity contribution in [1.82, 2.24) is 5.32 Å². The molecule has 1 amide bonds. The molecule has 96 valence electrons. The van der Waals surface area contributed by atoms with Crippen LogP contribution in [-0.2, 0) is 0 Å². The number of rotatable bonds is 4. The largest absolute Gasteiger partial charge is 0.390 e. The Morgan fingerprint density at radius 1 is 1.33 bits per heavy atom. The first-order valence-electron chi connectivity index (χ1n) is 4.92. The van der Waals surface area contributed by atoms with Crippen LogP contribution in [0.2, 0.25) is 0 Å². The Labute approximate surface area is 100 Å². The monoisotopic (exact) mass is 258 g/mol. The summed E-state index contributed by atoms with van der Waals surface area (Å²) in [6, 6.07) is 5.54. The van der Waals surface area contributed by atoms with Gasteiger partial charge in [-0.1, -0.05) is 17.2 Å². The summed E-state index contributed by atoms with van der Waals surface area (Å²) in [5.41, 5.74) is 8.69. The van der Waals surface area contributed by atoms with Crippen LogP contribution in [0, 0.1) is 0 Å². The zero-order valence-corrected chi connectivity index (χ0v) is 9.11. The average molecular weight is 258 g/mol. The quantitative estimate of drug-likeness (QED) is 0.502. The summed E-state index contributed by atoms with van der Waals surface area (Å²) >= 11 is 0. The first kappa shape index (κ1) is 13.9. The molecule has 0 fully saturated rings. The molecule has 0 heterocycles. The van der Waals surface area contributed by atoms with Gasteiger partial charge in [0.05, 0.1) is 6.42 Å². The Kier molecular flexibility index (Phi) is 4.56. The zero-order valence-electron chi connectivity index (χ0n) is 9.11. The number of nitrogens with one attached hydrogen (secondary N) is 1. The van der Waals surface area contributed by atoms with E-state index in [2.05, 4.69) is 15.3 Å². The van der Waals surface area contributed by atoms with E-state index in [1.54, 1.807) is 0 Å². The molecule has 1 rings (SSSR count). The zero-order chi connectivity index (χ0) is 13.6. The fourth-order valence-electron chi connectivity index (χ4n) is 1.15. The number of azide groups is 1. The van der Waals surface area contributed by atoms with Crippen LogP contribution in [0.15, 0.2) is 29.4 Å².